The van der Waals surface area contributed by atoms with E-state index in [9.17, 15) is 10.0 Å². The average Bonchev–Trinajstić information content (AvgIpc) is 2.65. The Morgan fingerprint density at radius 2 is 1.64 bits per heavy atom. The summed E-state index contributed by atoms with van der Waals surface area (Å²) in [5.41, 5.74) is 1.29. The quantitative estimate of drug-likeness (QED) is 0.674. The van der Waals surface area contributed by atoms with Gasteiger partial charge < -0.3 is 24.3 Å². The van der Waals surface area contributed by atoms with Crippen LogP contribution in [0, 0.1) is 0 Å². The molecule has 0 fully saturated rings. The average molecular weight is 338 g/mol. The van der Waals surface area contributed by atoms with Crippen LogP contribution in [0.25, 0.3) is 10.8 Å². The monoisotopic (exact) mass is 338 g/mol. The maximum atomic E-state index is 9.63. The highest BCUT2D eigenvalue weighted by atomic mass is 16.5. The Morgan fingerprint density at radius 3 is 2.28 bits per heavy atom. The lowest BCUT2D eigenvalue weighted by Crippen LogP contribution is -2.31. The van der Waals surface area contributed by atoms with Gasteiger partial charge in [-0.2, -0.15) is 0 Å². The molecule has 0 aliphatic carbocycles. The fourth-order valence-corrected chi connectivity index (χ4v) is 2.85. The Labute approximate surface area is 146 Å². The van der Waals surface area contributed by atoms with Gasteiger partial charge in [0.05, 0.1) is 19.6 Å². The zero-order valence-electron chi connectivity index (χ0n) is 14.1. The van der Waals surface area contributed by atoms with Crippen molar-refractivity contribution in [1.29, 1.82) is 0 Å². The highest BCUT2D eigenvalue weighted by Gasteiger charge is 2.23. The zero-order chi connectivity index (χ0) is 17.8. The zero-order valence-corrected chi connectivity index (χ0v) is 14.1. The summed E-state index contributed by atoms with van der Waals surface area (Å²) >= 11 is 0. The smallest absolute Gasteiger partial charge is 0.492 e. The molecule has 128 valence electrons. The summed E-state index contributed by atoms with van der Waals surface area (Å²) in [6.07, 6.45) is 0. The van der Waals surface area contributed by atoms with Gasteiger partial charge >= 0.3 is 7.12 Å². The van der Waals surface area contributed by atoms with Gasteiger partial charge in [-0.05, 0) is 17.7 Å². The van der Waals surface area contributed by atoms with Gasteiger partial charge in [-0.3, -0.25) is 0 Å². The van der Waals surface area contributed by atoms with Crippen molar-refractivity contribution in [3.05, 3.63) is 60.2 Å². The molecule has 0 unspecified atom stereocenters. The summed E-state index contributed by atoms with van der Waals surface area (Å²) in [7, 11) is 1.36. The molecule has 0 saturated carbocycles. The van der Waals surface area contributed by atoms with E-state index in [1.807, 2.05) is 48.5 Å². The molecule has 5 nitrogen and oxygen atoms in total. The fourth-order valence-electron chi connectivity index (χ4n) is 2.85. The molecular weight excluding hydrogens is 319 g/mol. The van der Waals surface area contributed by atoms with Crippen molar-refractivity contribution in [2.75, 3.05) is 14.2 Å². The van der Waals surface area contributed by atoms with Crippen LogP contribution in [-0.4, -0.2) is 31.4 Å². The van der Waals surface area contributed by atoms with Crippen LogP contribution in [0.1, 0.15) is 5.56 Å². The molecule has 0 aliphatic rings. The summed E-state index contributed by atoms with van der Waals surface area (Å²) < 4.78 is 16.8. The van der Waals surface area contributed by atoms with E-state index in [4.69, 9.17) is 14.2 Å². The maximum Gasteiger partial charge on any atom is 0.492 e. The van der Waals surface area contributed by atoms with E-state index in [0.717, 1.165) is 10.9 Å². The Kier molecular flexibility index (Phi) is 5.12. The molecule has 0 atom stereocenters. The van der Waals surface area contributed by atoms with Crippen LogP contribution in [0.5, 0.6) is 17.2 Å². The first-order valence-corrected chi connectivity index (χ1v) is 7.86. The van der Waals surface area contributed by atoms with Crippen molar-refractivity contribution in [3.63, 3.8) is 0 Å². The fraction of sp³-hybridized carbons (Fsp3) is 0.158. The van der Waals surface area contributed by atoms with Crippen LogP contribution in [0.15, 0.2) is 54.6 Å². The molecule has 0 radical (unpaired) electrons. The molecule has 25 heavy (non-hydrogen) atoms. The van der Waals surface area contributed by atoms with Crippen LogP contribution < -0.4 is 19.7 Å². The van der Waals surface area contributed by atoms with E-state index in [1.165, 1.54) is 14.2 Å². The lowest BCUT2D eigenvalue weighted by Gasteiger charge is -2.17. The number of ether oxygens (including phenoxy) is 3. The summed E-state index contributed by atoms with van der Waals surface area (Å²) in [6, 6.07) is 16.9. The van der Waals surface area contributed by atoms with Crippen LogP contribution >= 0.6 is 0 Å². The van der Waals surface area contributed by atoms with Crippen LogP contribution in [-0.2, 0) is 6.61 Å². The molecule has 0 saturated heterocycles. The first kappa shape index (κ1) is 17.1. The van der Waals surface area contributed by atoms with Gasteiger partial charge in [-0.25, -0.2) is 0 Å². The first-order valence-electron chi connectivity index (χ1n) is 7.86. The van der Waals surface area contributed by atoms with E-state index >= 15 is 0 Å². The summed E-state index contributed by atoms with van der Waals surface area (Å²) in [5.74, 6) is 1.51. The Morgan fingerprint density at radius 1 is 0.880 bits per heavy atom. The van der Waals surface area contributed by atoms with Crippen molar-refractivity contribution in [2.24, 2.45) is 0 Å². The second-order valence-corrected chi connectivity index (χ2v) is 5.53. The second-order valence-electron chi connectivity index (χ2n) is 5.53. The van der Waals surface area contributed by atoms with Gasteiger partial charge in [0.2, 0.25) is 0 Å². The van der Waals surface area contributed by atoms with Gasteiger partial charge in [0.25, 0.3) is 0 Å². The van der Waals surface area contributed by atoms with Crippen molar-refractivity contribution < 1.29 is 24.3 Å². The maximum absolute atomic E-state index is 9.63. The third-order valence-corrected chi connectivity index (χ3v) is 4.01. The highest BCUT2D eigenvalue weighted by Crippen LogP contribution is 2.38. The molecule has 0 aliphatic heterocycles. The molecule has 0 amide bonds. The lowest BCUT2D eigenvalue weighted by atomic mass is 9.78. The van der Waals surface area contributed by atoms with Crippen molar-refractivity contribution in [3.8, 4) is 17.2 Å². The third-order valence-electron chi connectivity index (χ3n) is 4.01. The predicted molar refractivity (Wildman–Crippen MR) is 97.7 cm³/mol. The van der Waals surface area contributed by atoms with E-state index in [1.54, 1.807) is 6.07 Å². The third kappa shape index (κ3) is 3.40. The summed E-state index contributed by atoms with van der Waals surface area (Å²) in [5, 5.41) is 20.7. The van der Waals surface area contributed by atoms with E-state index < -0.39 is 7.12 Å². The first-order chi connectivity index (χ1) is 12.2. The van der Waals surface area contributed by atoms with Crippen molar-refractivity contribution in [2.45, 2.75) is 6.61 Å². The van der Waals surface area contributed by atoms with Gasteiger partial charge in [-0.1, -0.05) is 42.5 Å². The molecule has 0 aromatic heterocycles. The predicted octanol–water partition coefficient (Wildman–Crippen LogP) is 2.12. The molecule has 6 heteroatoms. The Hall–Kier alpha value is -2.70. The topological polar surface area (TPSA) is 68.2 Å². The van der Waals surface area contributed by atoms with Gasteiger partial charge in [-0.15, -0.1) is 0 Å². The lowest BCUT2D eigenvalue weighted by molar-refractivity contribution is 0.308. The Bertz CT molecular complexity index is 865. The largest absolute Gasteiger partial charge is 0.496 e. The van der Waals surface area contributed by atoms with E-state index in [-0.39, 0.29) is 5.46 Å². The number of methoxy groups -OCH3 is 2. The number of fused-ring (bicyclic) bond motifs is 1. The minimum atomic E-state index is -1.66. The number of rotatable bonds is 6. The summed E-state index contributed by atoms with van der Waals surface area (Å²) in [6.45, 7) is 0.412. The van der Waals surface area contributed by atoms with E-state index in [2.05, 4.69) is 0 Å². The van der Waals surface area contributed by atoms with Crippen LogP contribution in [0.4, 0.5) is 0 Å². The molecule has 3 aromatic rings. The SMILES string of the molecule is COc1c(B(O)O)cc(OC)c2c(OCc3ccccc3)cccc12. The van der Waals surface area contributed by atoms with Crippen molar-refractivity contribution in [1.82, 2.24) is 0 Å². The molecule has 0 heterocycles. The normalized spacial score (nSPS) is 10.6. The van der Waals surface area contributed by atoms with Gasteiger partial charge in [0, 0.05) is 10.8 Å². The highest BCUT2D eigenvalue weighted by molar-refractivity contribution is 6.60. The van der Waals surface area contributed by atoms with Gasteiger partial charge in [0.15, 0.2) is 0 Å². The molecule has 2 N–H and O–H groups in total. The number of hydrogen-bond acceptors (Lipinski definition) is 5. The molecule has 0 spiro atoms. The standard InChI is InChI=1S/C19H19BO5/c1-23-17-11-15(20(21)22)19(24-2)14-9-6-10-16(18(14)17)25-12-13-7-4-3-5-8-13/h3-11,21-22H,12H2,1-2H3. The van der Waals surface area contributed by atoms with Crippen molar-refractivity contribution >= 4 is 23.4 Å². The molecule has 3 aromatic carbocycles. The second kappa shape index (κ2) is 7.46. The molecule has 0 bridgehead atoms. The van der Waals surface area contributed by atoms with E-state index in [0.29, 0.717) is 29.2 Å². The van der Waals surface area contributed by atoms with Crippen LogP contribution in [0.3, 0.4) is 0 Å². The summed E-state index contributed by atoms with van der Waals surface area (Å²) in [4.78, 5) is 0. The Balaban J connectivity index is 2.10. The minimum absolute atomic E-state index is 0.243. The van der Waals surface area contributed by atoms with Gasteiger partial charge in [0.1, 0.15) is 23.9 Å². The molecule has 3 rings (SSSR count). The minimum Gasteiger partial charge on any atom is -0.496 e. The number of benzene rings is 3. The number of hydrogen-bond donors (Lipinski definition) is 2. The molecular formula is C19H19BO5. The van der Waals surface area contributed by atoms with Crippen LogP contribution in [0.2, 0.25) is 0 Å².